The molecule has 0 aliphatic heterocycles. The van der Waals surface area contributed by atoms with Crippen LogP contribution in [-0.2, 0) is 10.8 Å². The Morgan fingerprint density at radius 2 is 0.753 bits per heavy atom. The van der Waals surface area contributed by atoms with Gasteiger partial charge in [-0.1, -0.05) is 116 Å². The van der Waals surface area contributed by atoms with Crippen molar-refractivity contribution in [2.45, 2.75) is 134 Å². The molecule has 2 aromatic heterocycles. The molecule has 6 nitrogen and oxygen atoms in total. The van der Waals surface area contributed by atoms with E-state index in [1.165, 1.54) is 18.2 Å². The molecule has 0 saturated carbocycles. The molecular formula is C72H77F3N2O4. The first-order valence-electron chi connectivity index (χ1n) is 28.3. The van der Waals surface area contributed by atoms with E-state index >= 15 is 13.2 Å². The molecule has 420 valence electrons. The topological polar surface area (TPSA) is 68.8 Å². The summed E-state index contributed by atoms with van der Waals surface area (Å²) in [4.78, 5) is 0. The number of aryl methyl sites for hydroxylation is 5. The van der Waals surface area contributed by atoms with Gasteiger partial charge in [0, 0.05) is 56.3 Å². The van der Waals surface area contributed by atoms with E-state index in [0.29, 0.717) is 33.8 Å². The Hall–Kier alpha value is -7.65. The summed E-state index contributed by atoms with van der Waals surface area (Å²) in [6, 6.07) is 38.0. The Kier molecular flexibility index (Phi) is 14.5. The fourth-order valence-electron chi connectivity index (χ4n) is 13.1. The first kappa shape index (κ1) is 56.6. The van der Waals surface area contributed by atoms with Crippen LogP contribution in [0.2, 0.25) is 0 Å². The zero-order valence-corrected chi connectivity index (χ0v) is 49.8. The van der Waals surface area contributed by atoms with E-state index in [2.05, 4.69) is 168 Å². The van der Waals surface area contributed by atoms with Crippen LogP contribution in [0.25, 0.3) is 77.2 Å². The van der Waals surface area contributed by atoms with Crippen LogP contribution in [-0.4, -0.2) is 32.6 Å². The van der Waals surface area contributed by atoms with Gasteiger partial charge in [0.25, 0.3) is 0 Å². The minimum Gasteiger partial charge on any atom is -0.505 e. The number of fused-ring (bicyclic) bond motifs is 6. The largest absolute Gasteiger partial charge is 0.505 e. The molecule has 0 radical (unpaired) electrons. The summed E-state index contributed by atoms with van der Waals surface area (Å²) in [6.45, 7) is 32.0. The van der Waals surface area contributed by atoms with E-state index < -0.39 is 22.9 Å². The van der Waals surface area contributed by atoms with Gasteiger partial charge in [0.2, 0.25) is 0 Å². The number of rotatable bonds is 14. The Morgan fingerprint density at radius 3 is 1.12 bits per heavy atom. The number of phenols is 2. The van der Waals surface area contributed by atoms with Crippen molar-refractivity contribution in [1.82, 2.24) is 9.13 Å². The highest BCUT2D eigenvalue weighted by Crippen LogP contribution is 2.50. The summed E-state index contributed by atoms with van der Waals surface area (Å²) in [5.41, 5.74) is 11.6. The molecule has 0 spiro atoms. The lowest BCUT2D eigenvalue weighted by Crippen LogP contribution is -2.25. The Labute approximate surface area is 475 Å². The Balaban J connectivity index is 1.03. The van der Waals surface area contributed by atoms with Crippen molar-refractivity contribution in [3.8, 4) is 56.6 Å². The van der Waals surface area contributed by atoms with Crippen LogP contribution in [0.5, 0.6) is 23.0 Å². The van der Waals surface area contributed by atoms with E-state index in [1.54, 1.807) is 6.92 Å². The fourth-order valence-corrected chi connectivity index (χ4v) is 13.1. The summed E-state index contributed by atoms with van der Waals surface area (Å²) < 4.78 is 65.3. The quantitative estimate of drug-likeness (QED) is 0.107. The molecule has 10 aromatic rings. The number of ether oxygens (including phenoxy) is 2. The number of hydrogen-bond acceptors (Lipinski definition) is 4. The van der Waals surface area contributed by atoms with Crippen molar-refractivity contribution in [2.24, 2.45) is 10.8 Å². The summed E-state index contributed by atoms with van der Waals surface area (Å²) >= 11 is 0. The number of halogens is 3. The molecular weight excluding hydrogens is 1010 g/mol. The molecule has 0 saturated heterocycles. The summed E-state index contributed by atoms with van der Waals surface area (Å²) in [5.74, 6) is -2.22. The minimum absolute atomic E-state index is 0.0247. The van der Waals surface area contributed by atoms with Crippen molar-refractivity contribution < 1.29 is 32.9 Å². The van der Waals surface area contributed by atoms with Gasteiger partial charge in [-0.15, -0.1) is 0 Å². The average Bonchev–Trinajstić information content (AvgIpc) is 3.38. The minimum atomic E-state index is -0.917. The van der Waals surface area contributed by atoms with Crippen LogP contribution in [0.15, 0.2) is 121 Å². The number of aromatic nitrogens is 2. The third-order valence-electron chi connectivity index (χ3n) is 15.9. The van der Waals surface area contributed by atoms with Crippen molar-refractivity contribution in [3.63, 3.8) is 0 Å². The van der Waals surface area contributed by atoms with Crippen LogP contribution in [0.3, 0.4) is 0 Å². The molecule has 0 unspecified atom stereocenters. The molecule has 0 aliphatic rings. The third-order valence-corrected chi connectivity index (χ3v) is 15.9. The average molecular weight is 1090 g/mol. The maximum absolute atomic E-state index is 16.5. The number of benzene rings is 8. The SMILES string of the molecule is Cc1ccc2c(c1)c1cc(C)ccc1n2-c1cc(C(C)(C)CC(C)(C)C)cc(-c2cc(F)cc(C)c2OCCCOc2c(F)cc(F)cc2-c2cc(C(C)(C)CC(C)(C)C)cc(-n3c4ccc(C)cc4c4cc(C)ccc43)c2O)c1O. The van der Waals surface area contributed by atoms with Gasteiger partial charge in [0.1, 0.15) is 28.9 Å². The molecule has 9 heteroatoms. The first-order valence-corrected chi connectivity index (χ1v) is 28.3. The molecule has 0 atom stereocenters. The molecule has 0 bridgehead atoms. The number of aromatic hydroxyl groups is 2. The molecule has 2 heterocycles. The van der Waals surface area contributed by atoms with Crippen LogP contribution < -0.4 is 9.47 Å². The highest BCUT2D eigenvalue weighted by Gasteiger charge is 2.33. The standard InChI is InChI=1S/C72H77F3N2O4/c1-41-17-21-59-50(27-41)51-28-42(2)18-22-60(51)76(59)63-34-46(71(12,13)39-69(6,7)8)32-54(65(63)78)56-36-48(73)31-45(5)67(56)80-25-16-26-81-68-57(37-49(74)38-58(68)75)55-33-47(72(14,15)40-70(9,10)11)35-64(66(55)79)77-61-23-19-43(3)29-52(61)53-30-44(4)20-24-62(53)77/h17-24,27-38,78-79H,16,25-26,39-40H2,1-15H3. The first-order chi connectivity index (χ1) is 38.0. The van der Waals surface area contributed by atoms with E-state index in [1.807, 2.05) is 34.9 Å². The smallest absolute Gasteiger partial charge is 0.168 e. The lowest BCUT2D eigenvalue weighted by Gasteiger charge is -2.34. The maximum atomic E-state index is 16.5. The summed E-state index contributed by atoms with van der Waals surface area (Å²) in [6.07, 6.45) is 1.83. The van der Waals surface area contributed by atoms with E-state index in [0.717, 1.165) is 95.9 Å². The van der Waals surface area contributed by atoms with Gasteiger partial charge in [-0.25, -0.2) is 13.2 Å². The summed E-state index contributed by atoms with van der Waals surface area (Å²) in [7, 11) is 0. The molecule has 81 heavy (non-hydrogen) atoms. The maximum Gasteiger partial charge on any atom is 0.168 e. The van der Waals surface area contributed by atoms with E-state index in [9.17, 15) is 10.2 Å². The molecule has 0 fully saturated rings. The Bertz CT molecular complexity index is 3740. The highest BCUT2D eigenvalue weighted by molar-refractivity contribution is 6.11. The van der Waals surface area contributed by atoms with Gasteiger partial charge in [-0.3, -0.25) is 0 Å². The van der Waals surface area contributed by atoms with Crippen LogP contribution >= 0.6 is 0 Å². The monoisotopic (exact) mass is 1090 g/mol. The van der Waals surface area contributed by atoms with Crippen LogP contribution in [0.4, 0.5) is 13.2 Å². The second-order valence-corrected chi connectivity index (χ2v) is 26.7. The third kappa shape index (κ3) is 11.0. The number of hydrogen-bond donors (Lipinski definition) is 2. The van der Waals surface area contributed by atoms with Crippen LogP contribution in [0.1, 0.15) is 127 Å². The molecule has 8 aromatic carbocycles. The second-order valence-electron chi connectivity index (χ2n) is 26.7. The van der Waals surface area contributed by atoms with Gasteiger partial charge in [-0.2, -0.15) is 0 Å². The fraction of sp³-hybridized carbons (Fsp3) is 0.333. The highest BCUT2D eigenvalue weighted by atomic mass is 19.1. The van der Waals surface area contributed by atoms with E-state index in [4.69, 9.17) is 9.47 Å². The predicted octanol–water partition coefficient (Wildman–Crippen LogP) is 19.9. The van der Waals surface area contributed by atoms with E-state index in [-0.39, 0.29) is 64.3 Å². The van der Waals surface area contributed by atoms with Gasteiger partial charge in [-0.05, 0) is 177 Å². The molecule has 2 N–H and O–H groups in total. The van der Waals surface area contributed by atoms with Crippen molar-refractivity contribution in [1.29, 1.82) is 0 Å². The zero-order valence-electron chi connectivity index (χ0n) is 49.8. The van der Waals surface area contributed by atoms with Crippen molar-refractivity contribution >= 4 is 43.6 Å². The van der Waals surface area contributed by atoms with Gasteiger partial charge in [0.15, 0.2) is 11.6 Å². The zero-order chi connectivity index (χ0) is 58.4. The Morgan fingerprint density at radius 1 is 0.407 bits per heavy atom. The normalized spacial score (nSPS) is 12.7. The van der Waals surface area contributed by atoms with Crippen molar-refractivity contribution in [2.75, 3.05) is 13.2 Å². The van der Waals surface area contributed by atoms with Gasteiger partial charge >= 0.3 is 0 Å². The number of nitrogens with zero attached hydrogens (tertiary/aromatic N) is 2. The number of phenolic OH excluding ortho intramolecular Hbond substituents is 2. The summed E-state index contributed by atoms with van der Waals surface area (Å²) in [5, 5.41) is 29.7. The van der Waals surface area contributed by atoms with Crippen LogP contribution in [0, 0.1) is 62.9 Å². The lowest BCUT2D eigenvalue weighted by molar-refractivity contribution is 0.241. The lowest BCUT2D eigenvalue weighted by atomic mass is 9.71. The molecule has 10 rings (SSSR count). The second kappa shape index (κ2) is 20.7. The van der Waals surface area contributed by atoms with Crippen molar-refractivity contribution in [3.05, 3.63) is 178 Å². The molecule has 0 aliphatic carbocycles. The molecule has 0 amide bonds. The van der Waals surface area contributed by atoms with Gasteiger partial charge in [0.05, 0.1) is 46.7 Å². The van der Waals surface area contributed by atoms with Gasteiger partial charge < -0.3 is 28.8 Å². The predicted molar refractivity (Wildman–Crippen MR) is 329 cm³/mol.